The van der Waals surface area contributed by atoms with Crippen LogP contribution in [0, 0.1) is 0 Å². The monoisotopic (exact) mass is 231 g/mol. The minimum atomic E-state index is -1.26. The zero-order valence-electron chi connectivity index (χ0n) is 9.49. The lowest BCUT2D eigenvalue weighted by molar-refractivity contribution is -0.167. The number of carbonyl (C=O) groups excluding carboxylic acids is 2. The maximum atomic E-state index is 13.6. The van der Waals surface area contributed by atoms with Gasteiger partial charge in [0.05, 0.1) is 0 Å². The van der Waals surface area contributed by atoms with Gasteiger partial charge >= 0.3 is 0 Å². The molecule has 0 radical (unpaired) electrons. The molecule has 5 heteroatoms. The van der Waals surface area contributed by atoms with Crippen molar-refractivity contribution in [3.63, 3.8) is 0 Å². The Morgan fingerprint density at radius 3 is 2.75 bits per heavy atom. The summed E-state index contributed by atoms with van der Waals surface area (Å²) in [6, 6.07) is -0.959. The molecule has 0 bridgehead atoms. The highest BCUT2D eigenvalue weighted by atomic mass is 19.2. The van der Waals surface area contributed by atoms with E-state index < -0.39 is 12.3 Å². The van der Waals surface area contributed by atoms with Crippen molar-refractivity contribution >= 4 is 11.6 Å². The number of Topliss-reactive ketones (excluding diaryl/α,β-unsaturated/α-hetero) is 2. The third-order valence-electron chi connectivity index (χ3n) is 2.89. The summed E-state index contributed by atoms with van der Waals surface area (Å²) in [5.74, 6) is -0.153. The lowest BCUT2D eigenvalue weighted by Gasteiger charge is -2.27. The Morgan fingerprint density at radius 1 is 1.44 bits per heavy atom. The van der Waals surface area contributed by atoms with Crippen LogP contribution in [-0.4, -0.2) is 34.1 Å². The molecule has 92 valence electrons. The van der Waals surface area contributed by atoms with Crippen molar-refractivity contribution in [2.75, 3.05) is 0 Å². The van der Waals surface area contributed by atoms with Gasteiger partial charge in [0.25, 0.3) is 0 Å². The van der Waals surface area contributed by atoms with Gasteiger partial charge in [-0.05, 0) is 19.3 Å². The quantitative estimate of drug-likeness (QED) is 0.588. The standard InChI is InChI=1S/C11H18FNO3/c1-2-11(16)13(12)9-7-6-8(14)4-3-5-10(9)15/h9,11,16H,2-7H2,1H3. The smallest absolute Gasteiger partial charge is 0.152 e. The van der Waals surface area contributed by atoms with Gasteiger partial charge in [0.2, 0.25) is 0 Å². The maximum absolute atomic E-state index is 13.6. The molecular formula is C11H18FNO3. The van der Waals surface area contributed by atoms with Gasteiger partial charge in [-0.1, -0.05) is 6.92 Å². The van der Waals surface area contributed by atoms with Crippen molar-refractivity contribution in [3.05, 3.63) is 0 Å². The lowest BCUT2D eigenvalue weighted by Crippen LogP contribution is -2.42. The summed E-state index contributed by atoms with van der Waals surface area (Å²) >= 11 is 0. The molecule has 1 fully saturated rings. The highest BCUT2D eigenvalue weighted by Crippen LogP contribution is 2.19. The van der Waals surface area contributed by atoms with Crippen LogP contribution in [0.4, 0.5) is 4.48 Å². The molecule has 0 saturated heterocycles. The van der Waals surface area contributed by atoms with Crippen molar-refractivity contribution in [3.8, 4) is 0 Å². The van der Waals surface area contributed by atoms with Crippen LogP contribution in [0.5, 0.6) is 0 Å². The average Bonchev–Trinajstić information content (AvgIpc) is 2.25. The highest BCUT2D eigenvalue weighted by Gasteiger charge is 2.31. The van der Waals surface area contributed by atoms with Gasteiger partial charge in [0.1, 0.15) is 18.1 Å². The molecule has 4 nitrogen and oxygen atoms in total. The van der Waals surface area contributed by atoms with Gasteiger partial charge in [-0.25, -0.2) is 0 Å². The normalized spacial score (nSPS) is 25.4. The SMILES string of the molecule is CCC(O)N(F)C1CCC(=O)CCCC1=O. The van der Waals surface area contributed by atoms with Crippen LogP contribution in [0.25, 0.3) is 0 Å². The van der Waals surface area contributed by atoms with E-state index in [0.29, 0.717) is 12.8 Å². The Labute approximate surface area is 94.4 Å². The van der Waals surface area contributed by atoms with E-state index in [4.69, 9.17) is 0 Å². The lowest BCUT2D eigenvalue weighted by atomic mass is 9.94. The number of rotatable bonds is 3. The fourth-order valence-electron chi connectivity index (χ4n) is 1.85. The third-order valence-corrected chi connectivity index (χ3v) is 2.89. The van der Waals surface area contributed by atoms with Crippen molar-refractivity contribution in [1.29, 1.82) is 0 Å². The third kappa shape index (κ3) is 3.35. The van der Waals surface area contributed by atoms with Gasteiger partial charge < -0.3 is 5.11 Å². The first-order valence-corrected chi connectivity index (χ1v) is 5.72. The number of hydrogen-bond donors (Lipinski definition) is 1. The molecule has 0 aliphatic heterocycles. The predicted molar refractivity (Wildman–Crippen MR) is 56.1 cm³/mol. The summed E-state index contributed by atoms with van der Waals surface area (Å²) in [7, 11) is 0. The Kier molecular flexibility index (Phi) is 5.02. The second-order valence-electron chi connectivity index (χ2n) is 4.15. The summed E-state index contributed by atoms with van der Waals surface area (Å²) in [5, 5.41) is 9.53. The minimum absolute atomic E-state index is 0.0666. The van der Waals surface area contributed by atoms with Gasteiger partial charge in [0, 0.05) is 19.3 Å². The van der Waals surface area contributed by atoms with Gasteiger partial charge in [-0.15, -0.1) is 9.60 Å². The average molecular weight is 231 g/mol. The maximum Gasteiger partial charge on any atom is 0.152 e. The summed E-state index contributed by atoms with van der Waals surface area (Å²) in [4.78, 5) is 22.9. The fraction of sp³-hybridized carbons (Fsp3) is 0.818. The van der Waals surface area contributed by atoms with Crippen LogP contribution < -0.4 is 0 Å². The van der Waals surface area contributed by atoms with Crippen molar-refractivity contribution in [1.82, 2.24) is 5.12 Å². The van der Waals surface area contributed by atoms with Crippen LogP contribution in [0.15, 0.2) is 0 Å². The number of hydrogen-bond acceptors (Lipinski definition) is 4. The number of halogens is 1. The Hall–Kier alpha value is -0.810. The van der Waals surface area contributed by atoms with E-state index >= 15 is 0 Å². The summed E-state index contributed by atoms with van der Waals surface area (Å²) in [6.45, 7) is 1.63. The fourth-order valence-corrected chi connectivity index (χ4v) is 1.85. The highest BCUT2D eigenvalue weighted by molar-refractivity contribution is 5.87. The van der Waals surface area contributed by atoms with E-state index in [-0.39, 0.29) is 42.4 Å². The molecular weight excluding hydrogens is 213 g/mol. The molecule has 0 aromatic rings. The first kappa shape index (κ1) is 13.3. The van der Waals surface area contributed by atoms with E-state index in [2.05, 4.69) is 0 Å². The second kappa shape index (κ2) is 6.06. The predicted octanol–water partition coefficient (Wildman–Crippen LogP) is 1.37. The zero-order valence-corrected chi connectivity index (χ0v) is 9.49. The molecule has 0 aromatic carbocycles. The first-order valence-electron chi connectivity index (χ1n) is 5.72. The molecule has 0 spiro atoms. The molecule has 0 amide bonds. The zero-order chi connectivity index (χ0) is 12.1. The molecule has 2 atom stereocenters. The van der Waals surface area contributed by atoms with Crippen molar-refractivity contribution < 1.29 is 19.2 Å². The van der Waals surface area contributed by atoms with E-state index in [1.165, 1.54) is 0 Å². The van der Waals surface area contributed by atoms with Gasteiger partial charge in [-0.3, -0.25) is 9.59 Å². The van der Waals surface area contributed by atoms with Gasteiger partial charge in [-0.2, -0.15) is 0 Å². The topological polar surface area (TPSA) is 57.6 Å². The number of nitrogens with zero attached hydrogens (tertiary/aromatic N) is 1. The summed E-state index contributed by atoms with van der Waals surface area (Å²) in [5.41, 5.74) is 0. The molecule has 0 aromatic heterocycles. The summed E-state index contributed by atoms with van der Waals surface area (Å²) in [6.07, 6.45) is 0.453. The van der Waals surface area contributed by atoms with Crippen molar-refractivity contribution in [2.45, 2.75) is 57.7 Å². The van der Waals surface area contributed by atoms with E-state index in [0.717, 1.165) is 0 Å². The summed E-state index contributed by atoms with van der Waals surface area (Å²) < 4.78 is 13.6. The van der Waals surface area contributed by atoms with Crippen molar-refractivity contribution in [2.24, 2.45) is 0 Å². The van der Waals surface area contributed by atoms with E-state index in [1.807, 2.05) is 0 Å². The van der Waals surface area contributed by atoms with E-state index in [1.54, 1.807) is 6.92 Å². The molecule has 1 aliphatic rings. The molecule has 1 N–H and O–H groups in total. The number of carbonyl (C=O) groups is 2. The van der Waals surface area contributed by atoms with Crippen LogP contribution in [0.2, 0.25) is 0 Å². The Balaban J connectivity index is 2.66. The largest absolute Gasteiger partial charge is 0.376 e. The first-order chi connectivity index (χ1) is 7.56. The molecule has 2 unspecified atom stereocenters. The van der Waals surface area contributed by atoms with Crippen LogP contribution >= 0.6 is 0 Å². The minimum Gasteiger partial charge on any atom is -0.376 e. The Bertz CT molecular complexity index is 270. The molecule has 1 saturated carbocycles. The molecule has 0 heterocycles. The van der Waals surface area contributed by atoms with Crippen LogP contribution in [0.1, 0.15) is 45.4 Å². The molecule has 1 rings (SSSR count). The number of aliphatic hydroxyl groups excluding tert-OH is 1. The number of ketones is 2. The molecule has 1 aliphatic carbocycles. The van der Waals surface area contributed by atoms with Crippen LogP contribution in [-0.2, 0) is 9.59 Å². The number of aliphatic hydroxyl groups is 1. The molecule has 16 heavy (non-hydrogen) atoms. The Morgan fingerprint density at radius 2 is 2.12 bits per heavy atom. The van der Waals surface area contributed by atoms with Crippen LogP contribution in [0.3, 0.4) is 0 Å². The van der Waals surface area contributed by atoms with Gasteiger partial charge in [0.15, 0.2) is 5.78 Å². The van der Waals surface area contributed by atoms with E-state index in [9.17, 15) is 19.2 Å². The second-order valence-corrected chi connectivity index (χ2v) is 4.15.